The van der Waals surface area contributed by atoms with Gasteiger partial charge in [0, 0.05) is 3.57 Å². The highest BCUT2D eigenvalue weighted by Gasteiger charge is 2.08. The van der Waals surface area contributed by atoms with Crippen molar-refractivity contribution in [3.05, 3.63) is 33.4 Å². The van der Waals surface area contributed by atoms with E-state index in [1.54, 1.807) is 6.92 Å². The zero-order chi connectivity index (χ0) is 13.4. The molecule has 0 aliphatic carbocycles. The van der Waals surface area contributed by atoms with Crippen LogP contribution in [0.4, 0.5) is 0 Å². The van der Waals surface area contributed by atoms with Crippen LogP contribution >= 0.6 is 22.6 Å². The van der Waals surface area contributed by atoms with Crippen LogP contribution in [0, 0.1) is 3.57 Å². The maximum absolute atomic E-state index is 11.4. The zero-order valence-corrected chi connectivity index (χ0v) is 12.3. The van der Waals surface area contributed by atoms with Gasteiger partial charge in [0.05, 0.1) is 19.4 Å². The summed E-state index contributed by atoms with van der Waals surface area (Å²) in [4.78, 5) is 22.4. The summed E-state index contributed by atoms with van der Waals surface area (Å²) in [5.74, 6) is -0.759. The molecule has 0 N–H and O–H groups in total. The third-order valence-electron chi connectivity index (χ3n) is 2.13. The second-order valence-corrected chi connectivity index (χ2v) is 4.84. The number of carbonyl (C=O) groups excluding carboxylic acids is 2. The Hall–Kier alpha value is -1.11. The number of hydrogen-bond acceptors (Lipinski definition) is 4. The van der Waals surface area contributed by atoms with Crippen molar-refractivity contribution in [3.63, 3.8) is 0 Å². The van der Waals surface area contributed by atoms with E-state index in [1.165, 1.54) is 0 Å². The lowest BCUT2D eigenvalue weighted by atomic mass is 10.2. The molecule has 0 bridgehead atoms. The molecule has 0 radical (unpaired) electrons. The normalized spacial score (nSPS) is 9.89. The minimum atomic E-state index is -0.387. The SMILES string of the molecule is CCOC(=O)CCC(=O)OCc1cccc(I)c1. The summed E-state index contributed by atoms with van der Waals surface area (Å²) >= 11 is 2.20. The molecule has 0 aliphatic rings. The predicted octanol–water partition coefficient (Wildman–Crippen LogP) is 2.68. The smallest absolute Gasteiger partial charge is 0.306 e. The lowest BCUT2D eigenvalue weighted by Crippen LogP contribution is -2.10. The molecule has 5 heteroatoms. The molecule has 0 aromatic heterocycles. The number of carbonyl (C=O) groups is 2. The summed E-state index contributed by atoms with van der Waals surface area (Å²) in [6.45, 7) is 2.29. The highest BCUT2D eigenvalue weighted by molar-refractivity contribution is 14.1. The third kappa shape index (κ3) is 6.00. The van der Waals surface area contributed by atoms with Crippen LogP contribution in [0.15, 0.2) is 24.3 Å². The number of halogens is 1. The van der Waals surface area contributed by atoms with Crippen LogP contribution in [0.2, 0.25) is 0 Å². The lowest BCUT2D eigenvalue weighted by Gasteiger charge is -2.05. The van der Waals surface area contributed by atoms with Gasteiger partial charge in [-0.1, -0.05) is 12.1 Å². The Morgan fingerprint density at radius 3 is 2.44 bits per heavy atom. The maximum Gasteiger partial charge on any atom is 0.306 e. The van der Waals surface area contributed by atoms with E-state index in [2.05, 4.69) is 22.6 Å². The number of ether oxygens (including phenoxy) is 2. The first kappa shape index (κ1) is 14.9. The van der Waals surface area contributed by atoms with E-state index in [1.807, 2.05) is 24.3 Å². The summed E-state index contributed by atoms with van der Waals surface area (Å²) in [6, 6.07) is 7.70. The molecule has 1 aromatic rings. The van der Waals surface area contributed by atoms with Crippen molar-refractivity contribution in [1.29, 1.82) is 0 Å². The number of benzene rings is 1. The minimum absolute atomic E-state index is 0.0583. The van der Waals surface area contributed by atoms with Crippen LogP contribution in [0.3, 0.4) is 0 Å². The molecule has 98 valence electrons. The molecular weight excluding hydrogens is 347 g/mol. The van der Waals surface area contributed by atoms with Gasteiger partial charge in [0.2, 0.25) is 0 Å². The molecule has 0 fully saturated rings. The van der Waals surface area contributed by atoms with E-state index in [9.17, 15) is 9.59 Å². The third-order valence-corrected chi connectivity index (χ3v) is 2.80. The fraction of sp³-hybridized carbons (Fsp3) is 0.385. The Morgan fingerprint density at radius 2 is 1.83 bits per heavy atom. The molecule has 0 amide bonds. The van der Waals surface area contributed by atoms with Crippen molar-refractivity contribution in [3.8, 4) is 0 Å². The summed E-state index contributed by atoms with van der Waals surface area (Å²) in [5, 5.41) is 0. The van der Waals surface area contributed by atoms with Crippen LogP contribution < -0.4 is 0 Å². The Bertz CT molecular complexity index is 417. The van der Waals surface area contributed by atoms with Gasteiger partial charge < -0.3 is 9.47 Å². The van der Waals surface area contributed by atoms with E-state index >= 15 is 0 Å². The van der Waals surface area contributed by atoms with E-state index in [-0.39, 0.29) is 31.4 Å². The average Bonchev–Trinajstić information content (AvgIpc) is 2.34. The minimum Gasteiger partial charge on any atom is -0.466 e. The van der Waals surface area contributed by atoms with Crippen molar-refractivity contribution in [2.45, 2.75) is 26.4 Å². The van der Waals surface area contributed by atoms with Crippen molar-refractivity contribution in [1.82, 2.24) is 0 Å². The Labute approximate surface area is 120 Å². The van der Waals surface area contributed by atoms with E-state index in [0.717, 1.165) is 9.13 Å². The van der Waals surface area contributed by atoms with Crippen LogP contribution in [0.25, 0.3) is 0 Å². The highest BCUT2D eigenvalue weighted by atomic mass is 127. The van der Waals surface area contributed by atoms with Crippen molar-refractivity contribution >= 4 is 34.5 Å². The van der Waals surface area contributed by atoms with E-state index in [0.29, 0.717) is 6.61 Å². The van der Waals surface area contributed by atoms with Gasteiger partial charge in [-0.15, -0.1) is 0 Å². The fourth-order valence-corrected chi connectivity index (χ4v) is 1.91. The summed E-state index contributed by atoms with van der Waals surface area (Å²) in [6.07, 6.45) is 0.127. The summed E-state index contributed by atoms with van der Waals surface area (Å²) < 4.78 is 10.9. The van der Waals surface area contributed by atoms with Crippen LogP contribution in [-0.4, -0.2) is 18.5 Å². The molecule has 0 aliphatic heterocycles. The maximum atomic E-state index is 11.4. The van der Waals surface area contributed by atoms with Crippen molar-refractivity contribution in [2.24, 2.45) is 0 Å². The lowest BCUT2D eigenvalue weighted by molar-refractivity contribution is -0.150. The largest absolute Gasteiger partial charge is 0.466 e. The zero-order valence-electron chi connectivity index (χ0n) is 10.1. The van der Waals surface area contributed by atoms with Crippen molar-refractivity contribution in [2.75, 3.05) is 6.61 Å². The van der Waals surface area contributed by atoms with Gasteiger partial charge in [-0.05, 0) is 47.2 Å². The van der Waals surface area contributed by atoms with Gasteiger partial charge >= 0.3 is 11.9 Å². The van der Waals surface area contributed by atoms with Gasteiger partial charge in [0.25, 0.3) is 0 Å². The molecule has 0 atom stereocenters. The second kappa shape index (κ2) is 8.07. The molecule has 1 aromatic carbocycles. The first-order chi connectivity index (χ1) is 8.61. The Morgan fingerprint density at radius 1 is 1.17 bits per heavy atom. The molecule has 0 unspecified atom stereocenters. The molecule has 0 spiro atoms. The molecule has 1 rings (SSSR count). The molecule has 0 saturated carbocycles. The second-order valence-electron chi connectivity index (χ2n) is 3.60. The first-order valence-electron chi connectivity index (χ1n) is 5.67. The van der Waals surface area contributed by atoms with Gasteiger partial charge in [-0.25, -0.2) is 0 Å². The number of hydrogen-bond donors (Lipinski definition) is 0. The number of esters is 2. The molecule has 0 heterocycles. The Balaban J connectivity index is 2.27. The topological polar surface area (TPSA) is 52.6 Å². The quantitative estimate of drug-likeness (QED) is 0.577. The predicted molar refractivity (Wildman–Crippen MR) is 74.8 cm³/mol. The van der Waals surface area contributed by atoms with Crippen molar-refractivity contribution < 1.29 is 19.1 Å². The number of rotatable bonds is 6. The van der Waals surface area contributed by atoms with Crippen LogP contribution in [0.1, 0.15) is 25.3 Å². The monoisotopic (exact) mass is 362 g/mol. The molecule has 4 nitrogen and oxygen atoms in total. The molecular formula is C13H15IO4. The van der Waals surface area contributed by atoms with Gasteiger partial charge in [0.1, 0.15) is 6.61 Å². The first-order valence-corrected chi connectivity index (χ1v) is 6.75. The highest BCUT2D eigenvalue weighted by Crippen LogP contribution is 2.09. The average molecular weight is 362 g/mol. The van der Waals surface area contributed by atoms with Gasteiger partial charge in [0.15, 0.2) is 0 Å². The molecule has 18 heavy (non-hydrogen) atoms. The molecule has 0 saturated heterocycles. The van der Waals surface area contributed by atoms with E-state index in [4.69, 9.17) is 9.47 Å². The van der Waals surface area contributed by atoms with Crippen LogP contribution in [0.5, 0.6) is 0 Å². The fourth-order valence-electron chi connectivity index (χ4n) is 1.30. The van der Waals surface area contributed by atoms with Gasteiger partial charge in [-0.2, -0.15) is 0 Å². The Kier molecular flexibility index (Phi) is 6.70. The van der Waals surface area contributed by atoms with Gasteiger partial charge in [-0.3, -0.25) is 9.59 Å². The van der Waals surface area contributed by atoms with Crippen LogP contribution in [-0.2, 0) is 25.7 Å². The van der Waals surface area contributed by atoms with E-state index < -0.39 is 0 Å². The standard InChI is InChI=1S/C13H15IO4/c1-2-17-12(15)6-7-13(16)18-9-10-4-3-5-11(14)8-10/h3-5,8H,2,6-7,9H2,1H3. The summed E-state index contributed by atoms with van der Waals surface area (Å²) in [5.41, 5.74) is 0.936. The summed E-state index contributed by atoms with van der Waals surface area (Å²) in [7, 11) is 0.